The summed E-state index contributed by atoms with van der Waals surface area (Å²) < 4.78 is 2.19. The fourth-order valence-electron chi connectivity index (χ4n) is 2.18. The lowest BCUT2D eigenvalue weighted by Crippen LogP contribution is -2.22. The summed E-state index contributed by atoms with van der Waals surface area (Å²) >= 11 is 0. The molecule has 16 heavy (non-hydrogen) atoms. The lowest BCUT2D eigenvalue weighted by molar-refractivity contribution is 0.471. The summed E-state index contributed by atoms with van der Waals surface area (Å²) in [6, 6.07) is 0.0133. The van der Waals surface area contributed by atoms with Gasteiger partial charge in [-0.2, -0.15) is 0 Å². The highest BCUT2D eigenvalue weighted by Crippen LogP contribution is 2.18. The Bertz CT molecular complexity index is 344. The zero-order chi connectivity index (χ0) is 11.5. The Morgan fingerprint density at radius 1 is 1.38 bits per heavy atom. The van der Waals surface area contributed by atoms with E-state index in [1.165, 1.54) is 0 Å². The van der Waals surface area contributed by atoms with Gasteiger partial charge in [-0.25, -0.2) is 0 Å². The van der Waals surface area contributed by atoms with Gasteiger partial charge in [0.25, 0.3) is 0 Å². The Hall–Kier alpha value is -0.940. The highest BCUT2D eigenvalue weighted by atomic mass is 15.3. The third-order valence-corrected chi connectivity index (χ3v) is 2.95. The van der Waals surface area contributed by atoms with Gasteiger partial charge in [-0.3, -0.25) is 0 Å². The second-order valence-electron chi connectivity index (χ2n) is 4.86. The van der Waals surface area contributed by atoms with Crippen LogP contribution in [-0.2, 0) is 13.0 Å². The first-order valence-electron chi connectivity index (χ1n) is 6.06. The van der Waals surface area contributed by atoms with E-state index in [1.54, 1.807) is 0 Å². The van der Waals surface area contributed by atoms with Crippen LogP contribution in [0, 0.1) is 5.92 Å². The molecule has 1 atom stereocenters. The first-order valence-corrected chi connectivity index (χ1v) is 6.06. The van der Waals surface area contributed by atoms with Crippen molar-refractivity contribution in [2.45, 2.75) is 39.3 Å². The average Bonchev–Trinajstić information content (AvgIpc) is 2.47. The van der Waals surface area contributed by atoms with E-state index in [4.69, 9.17) is 5.73 Å². The maximum absolute atomic E-state index is 6.17. The fourth-order valence-corrected chi connectivity index (χ4v) is 2.18. The van der Waals surface area contributed by atoms with Crippen molar-refractivity contribution in [3.05, 3.63) is 11.6 Å². The topological polar surface area (TPSA) is 68.8 Å². The molecule has 0 aromatic carbocycles. The third-order valence-electron chi connectivity index (χ3n) is 2.95. The minimum absolute atomic E-state index is 0.0133. The standard InChI is InChI=1S/C11H21N5/c1-8(2)7-9(12)11-15-14-10-3-4-13-5-6-16(10)11/h8-9,13H,3-7,12H2,1-2H3/t9-/m0/s1. The zero-order valence-corrected chi connectivity index (χ0v) is 10.1. The Labute approximate surface area is 96.4 Å². The average molecular weight is 223 g/mol. The van der Waals surface area contributed by atoms with Gasteiger partial charge in [0.1, 0.15) is 11.6 Å². The predicted molar refractivity (Wildman–Crippen MR) is 63.0 cm³/mol. The molecule has 0 spiro atoms. The summed E-state index contributed by atoms with van der Waals surface area (Å²) in [6.45, 7) is 7.26. The van der Waals surface area contributed by atoms with Crippen molar-refractivity contribution in [1.29, 1.82) is 0 Å². The molecule has 5 nitrogen and oxygen atoms in total. The van der Waals surface area contributed by atoms with Crippen LogP contribution in [0.25, 0.3) is 0 Å². The van der Waals surface area contributed by atoms with E-state index in [-0.39, 0.29) is 6.04 Å². The summed E-state index contributed by atoms with van der Waals surface area (Å²) in [6.07, 6.45) is 1.91. The summed E-state index contributed by atoms with van der Waals surface area (Å²) in [4.78, 5) is 0. The number of rotatable bonds is 3. The van der Waals surface area contributed by atoms with E-state index in [2.05, 4.69) is 33.9 Å². The molecule has 0 aliphatic carbocycles. The van der Waals surface area contributed by atoms with Gasteiger partial charge in [-0.05, 0) is 12.3 Å². The summed E-state index contributed by atoms with van der Waals surface area (Å²) in [7, 11) is 0. The van der Waals surface area contributed by atoms with Crippen molar-refractivity contribution in [1.82, 2.24) is 20.1 Å². The van der Waals surface area contributed by atoms with E-state index >= 15 is 0 Å². The summed E-state index contributed by atoms with van der Waals surface area (Å²) in [5, 5.41) is 11.8. The number of hydrogen-bond donors (Lipinski definition) is 2. The first-order chi connectivity index (χ1) is 7.68. The van der Waals surface area contributed by atoms with Crippen LogP contribution in [0.3, 0.4) is 0 Å². The smallest absolute Gasteiger partial charge is 0.150 e. The van der Waals surface area contributed by atoms with Crippen molar-refractivity contribution in [2.24, 2.45) is 11.7 Å². The van der Waals surface area contributed by atoms with Crippen LogP contribution < -0.4 is 11.1 Å². The number of hydrogen-bond acceptors (Lipinski definition) is 4. The Morgan fingerprint density at radius 3 is 2.94 bits per heavy atom. The predicted octanol–water partition coefficient (Wildman–Crippen LogP) is 0.470. The molecule has 1 aliphatic heterocycles. The number of nitrogens with one attached hydrogen (secondary N) is 1. The van der Waals surface area contributed by atoms with Gasteiger partial charge >= 0.3 is 0 Å². The molecule has 2 heterocycles. The fraction of sp³-hybridized carbons (Fsp3) is 0.818. The SMILES string of the molecule is CC(C)C[C@H](N)c1nnc2n1CCNCC2. The lowest BCUT2D eigenvalue weighted by Gasteiger charge is -2.15. The maximum Gasteiger partial charge on any atom is 0.150 e. The van der Waals surface area contributed by atoms with Crippen LogP contribution in [0.4, 0.5) is 0 Å². The Morgan fingerprint density at radius 2 is 2.19 bits per heavy atom. The molecule has 0 fully saturated rings. The highest BCUT2D eigenvalue weighted by Gasteiger charge is 2.19. The molecular weight excluding hydrogens is 202 g/mol. The third kappa shape index (κ3) is 2.41. The van der Waals surface area contributed by atoms with Crippen LogP contribution in [0.2, 0.25) is 0 Å². The van der Waals surface area contributed by atoms with Crippen molar-refractivity contribution < 1.29 is 0 Å². The summed E-state index contributed by atoms with van der Waals surface area (Å²) in [5.74, 6) is 2.61. The van der Waals surface area contributed by atoms with E-state index in [1.807, 2.05) is 0 Å². The molecule has 1 aromatic heterocycles. The lowest BCUT2D eigenvalue weighted by atomic mass is 10.0. The molecule has 0 saturated carbocycles. The Balaban J connectivity index is 2.18. The van der Waals surface area contributed by atoms with Crippen molar-refractivity contribution in [3.63, 3.8) is 0 Å². The monoisotopic (exact) mass is 223 g/mol. The molecule has 2 rings (SSSR count). The number of fused-ring (bicyclic) bond motifs is 1. The molecule has 0 bridgehead atoms. The minimum atomic E-state index is 0.0133. The van der Waals surface area contributed by atoms with Crippen LogP contribution >= 0.6 is 0 Å². The quantitative estimate of drug-likeness (QED) is 0.781. The minimum Gasteiger partial charge on any atom is -0.321 e. The van der Waals surface area contributed by atoms with Crippen molar-refractivity contribution in [3.8, 4) is 0 Å². The number of aromatic nitrogens is 3. The molecule has 5 heteroatoms. The van der Waals surface area contributed by atoms with Gasteiger partial charge in [-0.1, -0.05) is 13.8 Å². The number of nitrogens with two attached hydrogens (primary N) is 1. The molecule has 1 aliphatic rings. The van der Waals surface area contributed by atoms with Gasteiger partial charge in [-0.15, -0.1) is 10.2 Å². The van der Waals surface area contributed by atoms with E-state index < -0.39 is 0 Å². The van der Waals surface area contributed by atoms with Crippen LogP contribution in [0.1, 0.15) is 38.0 Å². The molecule has 3 N–H and O–H groups in total. The highest BCUT2D eigenvalue weighted by molar-refractivity contribution is 5.02. The first kappa shape index (κ1) is 11.5. The largest absolute Gasteiger partial charge is 0.321 e. The Kier molecular flexibility index (Phi) is 3.56. The molecular formula is C11H21N5. The molecule has 0 unspecified atom stereocenters. The molecule has 0 saturated heterocycles. The second kappa shape index (κ2) is 4.93. The number of nitrogens with zero attached hydrogens (tertiary/aromatic N) is 3. The molecule has 90 valence electrons. The normalized spacial score (nSPS) is 18.2. The van der Waals surface area contributed by atoms with Crippen LogP contribution in [0.5, 0.6) is 0 Å². The van der Waals surface area contributed by atoms with E-state index in [9.17, 15) is 0 Å². The van der Waals surface area contributed by atoms with Gasteiger partial charge in [0, 0.05) is 26.1 Å². The molecule has 0 amide bonds. The van der Waals surface area contributed by atoms with Crippen LogP contribution in [-0.4, -0.2) is 27.9 Å². The van der Waals surface area contributed by atoms with Gasteiger partial charge in [0.2, 0.25) is 0 Å². The van der Waals surface area contributed by atoms with E-state index in [0.29, 0.717) is 5.92 Å². The van der Waals surface area contributed by atoms with E-state index in [0.717, 1.165) is 44.1 Å². The van der Waals surface area contributed by atoms with Crippen molar-refractivity contribution in [2.75, 3.05) is 13.1 Å². The molecule has 0 radical (unpaired) electrons. The van der Waals surface area contributed by atoms with Crippen LogP contribution in [0.15, 0.2) is 0 Å². The van der Waals surface area contributed by atoms with Gasteiger partial charge < -0.3 is 15.6 Å². The van der Waals surface area contributed by atoms with Crippen molar-refractivity contribution >= 4 is 0 Å². The van der Waals surface area contributed by atoms with Gasteiger partial charge in [0.15, 0.2) is 0 Å². The zero-order valence-electron chi connectivity index (χ0n) is 10.1. The maximum atomic E-state index is 6.17. The summed E-state index contributed by atoms with van der Waals surface area (Å²) in [5.41, 5.74) is 6.17. The molecule has 1 aromatic rings. The second-order valence-corrected chi connectivity index (χ2v) is 4.86. The van der Waals surface area contributed by atoms with Gasteiger partial charge in [0.05, 0.1) is 6.04 Å².